The first-order valence-corrected chi connectivity index (χ1v) is 4.47. The number of hydrogen-bond donors (Lipinski definition) is 1. The molecule has 0 unspecified atom stereocenters. The quantitative estimate of drug-likeness (QED) is 0.698. The lowest BCUT2D eigenvalue weighted by atomic mass is 10.3. The summed E-state index contributed by atoms with van der Waals surface area (Å²) in [6.07, 6.45) is 1.83. The molecule has 0 spiro atoms. The first-order valence-electron chi connectivity index (χ1n) is 4.06. The summed E-state index contributed by atoms with van der Waals surface area (Å²) in [4.78, 5) is 0. The fourth-order valence-corrected chi connectivity index (χ4v) is 1.25. The molecule has 0 aliphatic heterocycles. The van der Waals surface area contributed by atoms with Crippen LogP contribution in [-0.2, 0) is 12.8 Å². The Labute approximate surface area is 77.6 Å². The van der Waals surface area contributed by atoms with Crippen molar-refractivity contribution in [1.82, 2.24) is 9.78 Å². The number of aryl methyl sites for hydroxylation is 2. The molecule has 1 aromatic heterocycles. The molecule has 1 aromatic rings. The number of thiocarbonyl (C=S) groups is 1. The highest BCUT2D eigenvalue weighted by atomic mass is 32.1. The van der Waals surface area contributed by atoms with Gasteiger partial charge < -0.3 is 5.73 Å². The molecule has 0 aliphatic rings. The van der Waals surface area contributed by atoms with Crippen LogP contribution < -0.4 is 5.73 Å². The summed E-state index contributed by atoms with van der Waals surface area (Å²) < 4.78 is 1.63. The lowest BCUT2D eigenvalue weighted by molar-refractivity contribution is 0.837. The lowest BCUT2D eigenvalue weighted by Gasteiger charge is -2.00. The van der Waals surface area contributed by atoms with Gasteiger partial charge in [0, 0.05) is 5.69 Å². The van der Waals surface area contributed by atoms with Crippen molar-refractivity contribution in [2.45, 2.75) is 26.7 Å². The van der Waals surface area contributed by atoms with E-state index in [9.17, 15) is 0 Å². The van der Waals surface area contributed by atoms with Gasteiger partial charge in [0.25, 0.3) is 0 Å². The molecule has 0 fully saturated rings. The Hall–Kier alpha value is -0.900. The SMILES string of the molecule is CCc1cc(CC)n(C(N)=S)n1. The highest BCUT2D eigenvalue weighted by Crippen LogP contribution is 2.05. The summed E-state index contributed by atoms with van der Waals surface area (Å²) in [7, 11) is 0. The monoisotopic (exact) mass is 183 g/mol. The highest BCUT2D eigenvalue weighted by Gasteiger charge is 2.05. The minimum Gasteiger partial charge on any atom is -0.374 e. The largest absolute Gasteiger partial charge is 0.374 e. The van der Waals surface area contributed by atoms with Gasteiger partial charge in [-0.25, -0.2) is 4.68 Å². The van der Waals surface area contributed by atoms with Gasteiger partial charge in [-0.3, -0.25) is 0 Å². The molecule has 1 heterocycles. The fourth-order valence-electron chi connectivity index (χ4n) is 1.09. The van der Waals surface area contributed by atoms with Crippen molar-refractivity contribution in [2.75, 3.05) is 0 Å². The molecular formula is C8H13N3S. The summed E-state index contributed by atoms with van der Waals surface area (Å²) in [5.74, 6) is 0. The minimum absolute atomic E-state index is 0.326. The van der Waals surface area contributed by atoms with Crippen molar-refractivity contribution < 1.29 is 0 Å². The van der Waals surface area contributed by atoms with E-state index in [0.717, 1.165) is 24.2 Å². The molecule has 66 valence electrons. The van der Waals surface area contributed by atoms with Crippen LogP contribution in [0.5, 0.6) is 0 Å². The van der Waals surface area contributed by atoms with E-state index >= 15 is 0 Å². The van der Waals surface area contributed by atoms with Crippen molar-refractivity contribution in [3.8, 4) is 0 Å². The molecule has 0 bridgehead atoms. The molecule has 0 radical (unpaired) electrons. The molecule has 0 saturated carbocycles. The van der Waals surface area contributed by atoms with Crippen molar-refractivity contribution in [1.29, 1.82) is 0 Å². The van der Waals surface area contributed by atoms with Crippen LogP contribution in [0.3, 0.4) is 0 Å². The molecule has 4 heteroatoms. The van der Waals surface area contributed by atoms with Gasteiger partial charge in [0.2, 0.25) is 0 Å². The highest BCUT2D eigenvalue weighted by molar-refractivity contribution is 7.80. The third kappa shape index (κ3) is 1.64. The Bertz CT molecular complexity index is 290. The summed E-state index contributed by atoms with van der Waals surface area (Å²) in [5, 5.41) is 4.58. The van der Waals surface area contributed by atoms with Gasteiger partial charge in [-0.15, -0.1) is 0 Å². The average Bonchev–Trinajstić information content (AvgIpc) is 2.47. The molecule has 1 rings (SSSR count). The molecule has 0 saturated heterocycles. The van der Waals surface area contributed by atoms with E-state index in [1.807, 2.05) is 6.07 Å². The molecule has 0 aromatic carbocycles. The normalized spacial score (nSPS) is 10.2. The minimum atomic E-state index is 0.326. The van der Waals surface area contributed by atoms with Crippen LogP contribution in [0.1, 0.15) is 25.2 Å². The molecular weight excluding hydrogens is 170 g/mol. The standard InChI is InChI=1S/C8H13N3S/c1-3-6-5-7(4-2)11(10-6)8(9)12/h5H,3-4H2,1-2H3,(H2,9,12). The zero-order chi connectivity index (χ0) is 9.14. The fraction of sp³-hybridized carbons (Fsp3) is 0.500. The van der Waals surface area contributed by atoms with E-state index < -0.39 is 0 Å². The second-order valence-corrected chi connectivity index (χ2v) is 3.00. The smallest absolute Gasteiger partial charge is 0.191 e. The van der Waals surface area contributed by atoms with Crippen LogP contribution in [0.25, 0.3) is 0 Å². The second kappa shape index (κ2) is 3.67. The maximum Gasteiger partial charge on any atom is 0.191 e. The Morgan fingerprint density at radius 1 is 1.58 bits per heavy atom. The van der Waals surface area contributed by atoms with Gasteiger partial charge in [-0.2, -0.15) is 5.10 Å². The number of hydrogen-bond acceptors (Lipinski definition) is 2. The predicted octanol–water partition coefficient (Wildman–Crippen LogP) is 1.10. The van der Waals surface area contributed by atoms with Gasteiger partial charge in [-0.05, 0) is 31.1 Å². The molecule has 0 atom stereocenters. The molecule has 0 amide bonds. The van der Waals surface area contributed by atoms with Crippen molar-refractivity contribution in [3.63, 3.8) is 0 Å². The number of nitrogens with zero attached hydrogens (tertiary/aromatic N) is 2. The van der Waals surface area contributed by atoms with Gasteiger partial charge in [0.05, 0.1) is 5.69 Å². The Balaban J connectivity index is 3.08. The zero-order valence-corrected chi connectivity index (χ0v) is 8.19. The van der Waals surface area contributed by atoms with Crippen LogP contribution in [0.4, 0.5) is 0 Å². The van der Waals surface area contributed by atoms with Gasteiger partial charge in [-0.1, -0.05) is 13.8 Å². The molecule has 12 heavy (non-hydrogen) atoms. The summed E-state index contributed by atoms with van der Waals surface area (Å²) in [6.45, 7) is 4.12. The maximum atomic E-state index is 5.49. The Morgan fingerprint density at radius 3 is 2.58 bits per heavy atom. The van der Waals surface area contributed by atoms with E-state index in [0.29, 0.717) is 5.11 Å². The van der Waals surface area contributed by atoms with E-state index in [1.54, 1.807) is 4.68 Å². The zero-order valence-electron chi connectivity index (χ0n) is 7.37. The van der Waals surface area contributed by atoms with E-state index in [-0.39, 0.29) is 0 Å². The summed E-state index contributed by atoms with van der Waals surface area (Å²) >= 11 is 4.86. The third-order valence-corrected chi connectivity index (χ3v) is 1.94. The maximum absolute atomic E-state index is 5.49. The molecule has 3 nitrogen and oxygen atoms in total. The van der Waals surface area contributed by atoms with Crippen LogP contribution in [-0.4, -0.2) is 14.9 Å². The predicted molar refractivity (Wildman–Crippen MR) is 53.2 cm³/mol. The van der Waals surface area contributed by atoms with Gasteiger partial charge in [0.1, 0.15) is 0 Å². The van der Waals surface area contributed by atoms with Crippen LogP contribution in [0.15, 0.2) is 6.07 Å². The van der Waals surface area contributed by atoms with E-state index in [4.69, 9.17) is 18.0 Å². The van der Waals surface area contributed by atoms with Crippen molar-refractivity contribution >= 4 is 17.3 Å². The number of nitrogens with two attached hydrogens (primary N) is 1. The van der Waals surface area contributed by atoms with E-state index in [1.165, 1.54) is 0 Å². The summed E-state index contributed by atoms with van der Waals surface area (Å²) in [5.41, 5.74) is 7.61. The number of aromatic nitrogens is 2. The van der Waals surface area contributed by atoms with Crippen LogP contribution in [0, 0.1) is 0 Å². The Kier molecular flexibility index (Phi) is 2.81. The Morgan fingerprint density at radius 2 is 2.25 bits per heavy atom. The number of rotatable bonds is 2. The lowest BCUT2D eigenvalue weighted by Crippen LogP contribution is -2.22. The van der Waals surface area contributed by atoms with Gasteiger partial charge in [0.15, 0.2) is 5.11 Å². The third-order valence-electron chi connectivity index (χ3n) is 1.77. The van der Waals surface area contributed by atoms with Crippen LogP contribution >= 0.6 is 12.2 Å². The second-order valence-electron chi connectivity index (χ2n) is 2.58. The van der Waals surface area contributed by atoms with Crippen LogP contribution in [0.2, 0.25) is 0 Å². The average molecular weight is 183 g/mol. The van der Waals surface area contributed by atoms with Gasteiger partial charge >= 0.3 is 0 Å². The topological polar surface area (TPSA) is 43.8 Å². The van der Waals surface area contributed by atoms with Crippen molar-refractivity contribution in [2.24, 2.45) is 5.73 Å². The summed E-state index contributed by atoms with van der Waals surface area (Å²) in [6, 6.07) is 2.04. The molecule has 0 aliphatic carbocycles. The van der Waals surface area contributed by atoms with E-state index in [2.05, 4.69) is 18.9 Å². The first-order chi connectivity index (χ1) is 5.69. The van der Waals surface area contributed by atoms with Crippen molar-refractivity contribution in [3.05, 3.63) is 17.5 Å². The molecule has 2 N–H and O–H groups in total. The first kappa shape index (κ1) is 9.19.